The summed E-state index contributed by atoms with van der Waals surface area (Å²) in [6.07, 6.45) is 0.181. The van der Waals surface area contributed by atoms with E-state index in [2.05, 4.69) is 0 Å². The monoisotopic (exact) mass is 264 g/mol. The molecule has 3 N–H and O–H groups in total. The molecular formula is C14H20N2O3. The summed E-state index contributed by atoms with van der Waals surface area (Å²) in [6.45, 7) is 3.10. The fourth-order valence-electron chi connectivity index (χ4n) is 2.26. The Bertz CT molecular complexity index is 434. The molecule has 0 bridgehead atoms. The first-order valence-corrected chi connectivity index (χ1v) is 6.42. The SMILES string of the molecule is C[C@]1(O)CCN(CC(N)=O)C[C@@H]1Oc1ccccc1. The third-order valence-electron chi connectivity index (χ3n) is 3.45. The molecule has 2 rings (SSSR count). The van der Waals surface area contributed by atoms with E-state index < -0.39 is 5.60 Å². The number of rotatable bonds is 4. The van der Waals surface area contributed by atoms with Crippen LogP contribution in [0.25, 0.3) is 0 Å². The first kappa shape index (κ1) is 13.8. The summed E-state index contributed by atoms with van der Waals surface area (Å²) in [5.41, 5.74) is 4.31. The quantitative estimate of drug-likeness (QED) is 0.824. The molecule has 0 unspecified atom stereocenters. The Morgan fingerprint density at radius 2 is 2.21 bits per heavy atom. The van der Waals surface area contributed by atoms with Gasteiger partial charge in [-0.1, -0.05) is 18.2 Å². The molecule has 1 aromatic rings. The molecule has 1 heterocycles. The van der Waals surface area contributed by atoms with Crippen molar-refractivity contribution in [1.82, 2.24) is 4.90 Å². The zero-order valence-electron chi connectivity index (χ0n) is 11.1. The van der Waals surface area contributed by atoms with Crippen LogP contribution < -0.4 is 10.5 Å². The average Bonchev–Trinajstić information content (AvgIpc) is 2.34. The van der Waals surface area contributed by atoms with Gasteiger partial charge >= 0.3 is 0 Å². The molecule has 1 aliphatic rings. The van der Waals surface area contributed by atoms with Gasteiger partial charge in [-0.25, -0.2) is 0 Å². The van der Waals surface area contributed by atoms with Gasteiger partial charge in [0, 0.05) is 13.1 Å². The fourth-order valence-corrected chi connectivity index (χ4v) is 2.26. The van der Waals surface area contributed by atoms with Crippen LogP contribution in [-0.2, 0) is 4.79 Å². The number of aliphatic hydroxyl groups is 1. The van der Waals surface area contributed by atoms with Crippen molar-refractivity contribution in [1.29, 1.82) is 0 Å². The van der Waals surface area contributed by atoms with E-state index in [4.69, 9.17) is 10.5 Å². The van der Waals surface area contributed by atoms with Gasteiger partial charge in [-0.3, -0.25) is 9.69 Å². The lowest BCUT2D eigenvalue weighted by Crippen LogP contribution is -2.57. The van der Waals surface area contributed by atoms with Crippen LogP contribution in [0.4, 0.5) is 0 Å². The summed E-state index contributed by atoms with van der Waals surface area (Å²) in [7, 11) is 0. The van der Waals surface area contributed by atoms with E-state index in [1.54, 1.807) is 6.92 Å². The van der Waals surface area contributed by atoms with E-state index >= 15 is 0 Å². The number of ether oxygens (including phenoxy) is 1. The maximum absolute atomic E-state index is 11.0. The Balaban J connectivity index is 2.04. The molecule has 19 heavy (non-hydrogen) atoms. The average molecular weight is 264 g/mol. The van der Waals surface area contributed by atoms with Gasteiger partial charge in [0.25, 0.3) is 0 Å². The Hall–Kier alpha value is -1.59. The van der Waals surface area contributed by atoms with Crippen LogP contribution in [-0.4, -0.2) is 47.3 Å². The van der Waals surface area contributed by atoms with Gasteiger partial charge in [0.05, 0.1) is 6.54 Å². The topological polar surface area (TPSA) is 75.8 Å². The number of nitrogens with two attached hydrogens (primary N) is 1. The molecule has 0 aliphatic carbocycles. The predicted octanol–water partition coefficient (Wildman–Crippen LogP) is 0.376. The molecule has 2 atom stereocenters. The number of primary amides is 1. The molecule has 104 valence electrons. The molecule has 5 nitrogen and oxygen atoms in total. The molecular weight excluding hydrogens is 244 g/mol. The number of benzene rings is 1. The Morgan fingerprint density at radius 1 is 1.53 bits per heavy atom. The van der Waals surface area contributed by atoms with Crippen molar-refractivity contribution < 1.29 is 14.6 Å². The standard InChI is InChI=1S/C14H20N2O3/c1-14(18)7-8-16(10-13(15)17)9-12(14)19-11-5-3-2-4-6-11/h2-6,12,18H,7-10H2,1H3,(H2,15,17)/t12-,14-/m0/s1. The van der Waals surface area contributed by atoms with Crippen molar-refractivity contribution in [2.75, 3.05) is 19.6 Å². The van der Waals surface area contributed by atoms with E-state index in [1.807, 2.05) is 35.2 Å². The van der Waals surface area contributed by atoms with Crippen molar-refractivity contribution in [3.63, 3.8) is 0 Å². The van der Waals surface area contributed by atoms with Crippen LogP contribution in [0.5, 0.6) is 5.75 Å². The van der Waals surface area contributed by atoms with E-state index in [1.165, 1.54) is 0 Å². The molecule has 0 radical (unpaired) electrons. The van der Waals surface area contributed by atoms with E-state index in [0.717, 1.165) is 0 Å². The number of carbonyl (C=O) groups is 1. The molecule has 5 heteroatoms. The number of piperidine rings is 1. The highest BCUT2D eigenvalue weighted by Gasteiger charge is 2.39. The van der Waals surface area contributed by atoms with E-state index in [-0.39, 0.29) is 18.6 Å². The second kappa shape index (κ2) is 5.59. The first-order chi connectivity index (χ1) is 8.97. The van der Waals surface area contributed by atoms with Gasteiger partial charge in [0.15, 0.2) is 0 Å². The van der Waals surface area contributed by atoms with Crippen LogP contribution in [0.2, 0.25) is 0 Å². The van der Waals surface area contributed by atoms with Gasteiger partial charge in [0.1, 0.15) is 17.5 Å². The minimum atomic E-state index is -0.899. The van der Waals surface area contributed by atoms with Crippen LogP contribution in [0.3, 0.4) is 0 Å². The van der Waals surface area contributed by atoms with Gasteiger partial charge in [-0.15, -0.1) is 0 Å². The molecule has 1 aromatic carbocycles. The molecule has 1 amide bonds. The van der Waals surface area contributed by atoms with Crippen molar-refractivity contribution in [2.24, 2.45) is 5.73 Å². The minimum Gasteiger partial charge on any atom is -0.486 e. The predicted molar refractivity (Wildman–Crippen MR) is 71.7 cm³/mol. The lowest BCUT2D eigenvalue weighted by Gasteiger charge is -2.41. The lowest BCUT2D eigenvalue weighted by atomic mass is 9.90. The third-order valence-corrected chi connectivity index (χ3v) is 3.45. The Kier molecular flexibility index (Phi) is 4.07. The van der Waals surface area contributed by atoms with Gasteiger partial charge < -0.3 is 15.6 Å². The molecule has 1 saturated heterocycles. The number of hydrogen-bond donors (Lipinski definition) is 2. The van der Waals surface area contributed by atoms with E-state index in [9.17, 15) is 9.90 Å². The van der Waals surface area contributed by atoms with Crippen LogP contribution in [0.15, 0.2) is 30.3 Å². The molecule has 1 fully saturated rings. The Labute approximate surface area is 113 Å². The van der Waals surface area contributed by atoms with Crippen molar-refractivity contribution in [3.8, 4) is 5.75 Å². The summed E-state index contributed by atoms with van der Waals surface area (Å²) in [6, 6.07) is 9.37. The highest BCUT2D eigenvalue weighted by molar-refractivity contribution is 5.75. The van der Waals surface area contributed by atoms with Crippen LogP contribution >= 0.6 is 0 Å². The van der Waals surface area contributed by atoms with Crippen molar-refractivity contribution >= 4 is 5.91 Å². The highest BCUT2D eigenvalue weighted by atomic mass is 16.5. The van der Waals surface area contributed by atoms with E-state index in [0.29, 0.717) is 25.3 Å². The second-order valence-electron chi connectivity index (χ2n) is 5.23. The van der Waals surface area contributed by atoms with Gasteiger partial charge in [-0.05, 0) is 25.5 Å². The zero-order valence-corrected chi connectivity index (χ0v) is 11.1. The van der Waals surface area contributed by atoms with Crippen molar-refractivity contribution in [2.45, 2.75) is 25.0 Å². The number of hydrogen-bond acceptors (Lipinski definition) is 4. The minimum absolute atomic E-state index is 0.199. The highest BCUT2D eigenvalue weighted by Crippen LogP contribution is 2.26. The smallest absolute Gasteiger partial charge is 0.231 e. The maximum atomic E-state index is 11.0. The molecule has 0 aromatic heterocycles. The summed E-state index contributed by atoms with van der Waals surface area (Å²) >= 11 is 0. The zero-order chi connectivity index (χ0) is 13.9. The van der Waals surface area contributed by atoms with Gasteiger partial charge in [0.2, 0.25) is 5.91 Å². The summed E-state index contributed by atoms with van der Waals surface area (Å²) in [5.74, 6) is 0.355. The molecule has 1 aliphatic heterocycles. The fraction of sp³-hybridized carbons (Fsp3) is 0.500. The largest absolute Gasteiger partial charge is 0.486 e. The third kappa shape index (κ3) is 3.68. The summed E-state index contributed by atoms with van der Waals surface area (Å²) < 4.78 is 5.84. The second-order valence-corrected chi connectivity index (χ2v) is 5.23. The summed E-state index contributed by atoms with van der Waals surface area (Å²) in [4.78, 5) is 12.9. The number of amides is 1. The van der Waals surface area contributed by atoms with Crippen LogP contribution in [0.1, 0.15) is 13.3 Å². The lowest BCUT2D eigenvalue weighted by molar-refractivity contribution is -0.124. The number of para-hydroxylation sites is 1. The molecule has 0 spiro atoms. The summed E-state index contributed by atoms with van der Waals surface area (Å²) in [5, 5.41) is 10.4. The molecule has 0 saturated carbocycles. The van der Waals surface area contributed by atoms with Crippen molar-refractivity contribution in [3.05, 3.63) is 30.3 Å². The van der Waals surface area contributed by atoms with Crippen LogP contribution in [0, 0.1) is 0 Å². The van der Waals surface area contributed by atoms with Gasteiger partial charge in [-0.2, -0.15) is 0 Å². The number of carbonyl (C=O) groups excluding carboxylic acids is 1. The first-order valence-electron chi connectivity index (χ1n) is 6.42. The number of nitrogens with zero attached hydrogens (tertiary/aromatic N) is 1. The normalized spacial score (nSPS) is 28.0. The Morgan fingerprint density at radius 3 is 2.84 bits per heavy atom. The number of likely N-dealkylation sites (tertiary alicyclic amines) is 1. The maximum Gasteiger partial charge on any atom is 0.231 e.